The van der Waals surface area contributed by atoms with Gasteiger partial charge in [-0.15, -0.1) is 11.3 Å². The Hall–Kier alpha value is -0.940. The number of hydrogen-bond acceptors (Lipinski definition) is 4. The van der Waals surface area contributed by atoms with Crippen molar-refractivity contribution < 1.29 is 4.79 Å². The van der Waals surface area contributed by atoms with Gasteiger partial charge in [-0.2, -0.15) is 0 Å². The number of rotatable bonds is 4. The van der Waals surface area contributed by atoms with Crippen LogP contribution in [0.3, 0.4) is 0 Å². The van der Waals surface area contributed by atoms with E-state index in [4.69, 9.17) is 5.73 Å². The maximum absolute atomic E-state index is 11.9. The Morgan fingerprint density at radius 2 is 2.24 bits per heavy atom. The van der Waals surface area contributed by atoms with Crippen molar-refractivity contribution in [1.29, 1.82) is 0 Å². The molecule has 17 heavy (non-hydrogen) atoms. The first-order chi connectivity index (χ1) is 8.29. The fourth-order valence-corrected chi connectivity index (χ4v) is 2.87. The number of thiazole rings is 1. The number of carbonyl (C=O) groups is 1. The van der Waals surface area contributed by atoms with Crippen molar-refractivity contribution in [3.05, 3.63) is 16.6 Å². The molecule has 1 heterocycles. The van der Waals surface area contributed by atoms with Crippen molar-refractivity contribution in [3.63, 3.8) is 0 Å². The number of aromatic nitrogens is 1. The second-order valence-electron chi connectivity index (χ2n) is 4.65. The third-order valence-electron chi connectivity index (χ3n) is 3.48. The summed E-state index contributed by atoms with van der Waals surface area (Å²) >= 11 is 1.55. The summed E-state index contributed by atoms with van der Waals surface area (Å²) in [5, 5.41) is 4.93. The molecule has 0 spiro atoms. The van der Waals surface area contributed by atoms with Crippen LogP contribution in [-0.2, 0) is 11.3 Å². The van der Waals surface area contributed by atoms with Crippen LogP contribution < -0.4 is 11.1 Å². The summed E-state index contributed by atoms with van der Waals surface area (Å²) in [5.74, 6) is 0.975. The van der Waals surface area contributed by atoms with E-state index >= 15 is 0 Å². The molecule has 1 amide bonds. The van der Waals surface area contributed by atoms with E-state index in [1.165, 1.54) is 0 Å². The van der Waals surface area contributed by atoms with Gasteiger partial charge < -0.3 is 11.1 Å². The van der Waals surface area contributed by atoms with Crippen LogP contribution in [0.15, 0.2) is 10.9 Å². The molecule has 1 aliphatic rings. The van der Waals surface area contributed by atoms with Crippen molar-refractivity contribution in [2.45, 2.75) is 32.2 Å². The molecule has 1 aromatic rings. The first-order valence-corrected chi connectivity index (χ1v) is 7.08. The standard InChI is InChI=1S/C12H19N3OS/c13-5-9-1-3-10(4-2-9)12(16)14-6-11-7-17-8-15-11/h7-10H,1-6,13H2,(H,14,16). The van der Waals surface area contributed by atoms with E-state index in [2.05, 4.69) is 10.3 Å². The molecular formula is C12H19N3OS. The van der Waals surface area contributed by atoms with Gasteiger partial charge >= 0.3 is 0 Å². The van der Waals surface area contributed by atoms with Crippen LogP contribution in [0.1, 0.15) is 31.4 Å². The van der Waals surface area contributed by atoms with Gasteiger partial charge in [0.1, 0.15) is 0 Å². The third-order valence-corrected chi connectivity index (χ3v) is 4.11. The Morgan fingerprint density at radius 3 is 2.82 bits per heavy atom. The molecule has 0 saturated heterocycles. The lowest BCUT2D eigenvalue weighted by atomic mass is 9.81. The largest absolute Gasteiger partial charge is 0.350 e. The number of amides is 1. The molecule has 1 aromatic heterocycles. The van der Waals surface area contributed by atoms with Crippen molar-refractivity contribution in [2.24, 2.45) is 17.6 Å². The Morgan fingerprint density at radius 1 is 1.47 bits per heavy atom. The minimum Gasteiger partial charge on any atom is -0.350 e. The maximum atomic E-state index is 11.9. The molecule has 0 radical (unpaired) electrons. The van der Waals surface area contributed by atoms with E-state index in [9.17, 15) is 4.79 Å². The number of carbonyl (C=O) groups excluding carboxylic acids is 1. The van der Waals surface area contributed by atoms with Crippen LogP contribution in [0, 0.1) is 11.8 Å². The van der Waals surface area contributed by atoms with E-state index in [0.717, 1.165) is 37.9 Å². The molecule has 94 valence electrons. The summed E-state index contributed by atoms with van der Waals surface area (Å²) in [5.41, 5.74) is 8.37. The van der Waals surface area contributed by atoms with Gasteiger partial charge in [0.25, 0.3) is 0 Å². The lowest BCUT2D eigenvalue weighted by Crippen LogP contribution is -2.34. The Bertz CT molecular complexity index is 345. The van der Waals surface area contributed by atoms with Crippen LogP contribution in [0.2, 0.25) is 0 Å². The van der Waals surface area contributed by atoms with Crippen molar-refractivity contribution >= 4 is 17.2 Å². The van der Waals surface area contributed by atoms with Gasteiger partial charge in [-0.25, -0.2) is 4.98 Å². The highest BCUT2D eigenvalue weighted by atomic mass is 32.1. The van der Waals surface area contributed by atoms with Crippen molar-refractivity contribution in [2.75, 3.05) is 6.54 Å². The Kier molecular flexibility index (Phi) is 4.50. The SMILES string of the molecule is NCC1CCC(C(=O)NCc2cscn2)CC1. The second-order valence-corrected chi connectivity index (χ2v) is 5.37. The van der Waals surface area contributed by atoms with Gasteiger partial charge in [0.2, 0.25) is 5.91 Å². The number of nitrogens with two attached hydrogens (primary N) is 1. The maximum Gasteiger partial charge on any atom is 0.223 e. The highest BCUT2D eigenvalue weighted by Gasteiger charge is 2.25. The molecule has 0 unspecified atom stereocenters. The lowest BCUT2D eigenvalue weighted by Gasteiger charge is -2.26. The predicted octanol–water partition coefficient (Wildman–Crippen LogP) is 1.52. The average Bonchev–Trinajstić information content (AvgIpc) is 2.89. The van der Waals surface area contributed by atoms with Crippen LogP contribution in [0.5, 0.6) is 0 Å². The molecule has 0 atom stereocenters. The van der Waals surface area contributed by atoms with Crippen LogP contribution in [0.4, 0.5) is 0 Å². The minimum atomic E-state index is 0.175. The van der Waals surface area contributed by atoms with Gasteiger partial charge in [-0.1, -0.05) is 0 Å². The molecule has 0 aromatic carbocycles. The lowest BCUT2D eigenvalue weighted by molar-refractivity contribution is -0.126. The number of hydrogen-bond donors (Lipinski definition) is 2. The van der Waals surface area contributed by atoms with Gasteiger partial charge in [0.05, 0.1) is 17.7 Å². The van der Waals surface area contributed by atoms with Crippen LogP contribution in [0.25, 0.3) is 0 Å². The second kappa shape index (κ2) is 6.12. The molecular weight excluding hydrogens is 234 g/mol. The molecule has 0 aliphatic heterocycles. The predicted molar refractivity (Wildman–Crippen MR) is 68.5 cm³/mol. The fraction of sp³-hybridized carbons (Fsp3) is 0.667. The quantitative estimate of drug-likeness (QED) is 0.855. The number of nitrogens with zero attached hydrogens (tertiary/aromatic N) is 1. The Balaban J connectivity index is 1.73. The molecule has 1 fully saturated rings. The van der Waals surface area contributed by atoms with Gasteiger partial charge in [0.15, 0.2) is 0 Å². The summed E-state index contributed by atoms with van der Waals surface area (Å²) in [7, 11) is 0. The summed E-state index contributed by atoms with van der Waals surface area (Å²) in [6.45, 7) is 1.31. The van der Waals surface area contributed by atoms with Gasteiger partial charge in [-0.3, -0.25) is 4.79 Å². The third kappa shape index (κ3) is 3.51. The molecule has 1 aliphatic carbocycles. The van der Waals surface area contributed by atoms with Crippen molar-refractivity contribution in [1.82, 2.24) is 10.3 Å². The van der Waals surface area contributed by atoms with Crippen molar-refractivity contribution in [3.8, 4) is 0 Å². The summed E-state index contributed by atoms with van der Waals surface area (Å²) in [6, 6.07) is 0. The average molecular weight is 253 g/mol. The van der Waals surface area contributed by atoms with E-state index < -0.39 is 0 Å². The van der Waals surface area contributed by atoms with E-state index in [-0.39, 0.29) is 11.8 Å². The van der Waals surface area contributed by atoms with E-state index in [1.807, 2.05) is 5.38 Å². The topological polar surface area (TPSA) is 68.0 Å². The molecule has 2 rings (SSSR count). The molecule has 0 bridgehead atoms. The zero-order chi connectivity index (χ0) is 12.1. The molecule has 4 nitrogen and oxygen atoms in total. The van der Waals surface area contributed by atoms with E-state index in [1.54, 1.807) is 16.8 Å². The highest BCUT2D eigenvalue weighted by molar-refractivity contribution is 7.07. The first kappa shape index (κ1) is 12.5. The minimum absolute atomic E-state index is 0.175. The molecule has 3 N–H and O–H groups in total. The highest BCUT2D eigenvalue weighted by Crippen LogP contribution is 2.28. The van der Waals surface area contributed by atoms with Crippen LogP contribution in [-0.4, -0.2) is 17.4 Å². The zero-order valence-electron chi connectivity index (χ0n) is 9.89. The molecule has 5 heteroatoms. The summed E-state index contributed by atoms with van der Waals surface area (Å²) in [6.07, 6.45) is 4.13. The van der Waals surface area contributed by atoms with Gasteiger partial charge in [0, 0.05) is 11.3 Å². The first-order valence-electron chi connectivity index (χ1n) is 6.14. The smallest absolute Gasteiger partial charge is 0.223 e. The monoisotopic (exact) mass is 253 g/mol. The summed E-state index contributed by atoms with van der Waals surface area (Å²) < 4.78 is 0. The van der Waals surface area contributed by atoms with E-state index in [0.29, 0.717) is 12.5 Å². The van der Waals surface area contributed by atoms with Crippen LogP contribution >= 0.6 is 11.3 Å². The molecule has 1 saturated carbocycles. The zero-order valence-corrected chi connectivity index (χ0v) is 10.7. The summed E-state index contributed by atoms with van der Waals surface area (Å²) in [4.78, 5) is 16.1. The number of nitrogens with one attached hydrogen (secondary N) is 1. The van der Waals surface area contributed by atoms with Gasteiger partial charge in [-0.05, 0) is 38.1 Å². The normalized spacial score (nSPS) is 24.5. The fourth-order valence-electron chi connectivity index (χ4n) is 2.31. The Labute approximate surface area is 106 Å².